The molecule has 0 aromatic carbocycles. The lowest BCUT2D eigenvalue weighted by Gasteiger charge is -2.50. The minimum atomic E-state index is -2.31. The maximum atomic E-state index is 12.6. The number of rotatable bonds is 21. The minimum Gasteiger partial charge on any atom is -0.394 e. The van der Waals surface area contributed by atoms with E-state index in [1.807, 2.05) is 0 Å². The lowest BCUT2D eigenvalue weighted by Crippen LogP contribution is -2.70. The summed E-state index contributed by atoms with van der Waals surface area (Å²) in [6.07, 6.45) is -64.3. The van der Waals surface area contributed by atoms with Gasteiger partial charge >= 0.3 is 0 Å². The quantitative estimate of drug-likeness (QED) is 0.0507. The second-order valence-corrected chi connectivity index (χ2v) is 21.1. The predicted octanol–water partition coefficient (Wildman–Crippen LogP) is -16.0. The molecular formula is C46H78N2O36. The molecule has 0 radical (unpaired) electrons. The fraction of sp³-hybridized carbons (Fsp3) is 0.957. The first-order valence-electron chi connectivity index (χ1n) is 26.6. The lowest BCUT2D eigenvalue weighted by atomic mass is 9.94. The zero-order valence-electron chi connectivity index (χ0n) is 44.7. The van der Waals surface area contributed by atoms with E-state index in [2.05, 4.69) is 10.6 Å². The van der Waals surface area contributed by atoms with E-state index < -0.39 is 273 Å². The van der Waals surface area contributed by atoms with Gasteiger partial charge in [0.2, 0.25) is 11.8 Å². The summed E-state index contributed by atoms with van der Waals surface area (Å²) in [5.74, 6) is -1.72. The number of amides is 2. The van der Waals surface area contributed by atoms with E-state index in [9.17, 15) is 117 Å². The van der Waals surface area contributed by atoms with Crippen LogP contribution in [0, 0.1) is 0 Å². The Balaban J connectivity index is 1.09. The van der Waals surface area contributed by atoms with E-state index in [4.69, 9.17) is 61.6 Å². The highest BCUT2D eigenvalue weighted by Gasteiger charge is 2.58. The van der Waals surface area contributed by atoms with Crippen LogP contribution in [0.15, 0.2) is 0 Å². The smallest absolute Gasteiger partial charge is 0.217 e. The van der Waals surface area contributed by atoms with E-state index in [-0.39, 0.29) is 0 Å². The van der Waals surface area contributed by atoms with Gasteiger partial charge in [0.25, 0.3) is 0 Å². The van der Waals surface area contributed by atoms with Gasteiger partial charge in [-0.2, -0.15) is 0 Å². The van der Waals surface area contributed by atoms with Crippen molar-refractivity contribution in [3.63, 3.8) is 0 Å². The van der Waals surface area contributed by atoms with Crippen molar-refractivity contribution in [2.45, 2.75) is 229 Å². The summed E-state index contributed by atoms with van der Waals surface area (Å²) >= 11 is 0. The first-order chi connectivity index (χ1) is 39.7. The molecule has 38 nitrogen and oxygen atoms in total. The van der Waals surface area contributed by atoms with Gasteiger partial charge in [0.15, 0.2) is 44.0 Å². The Bertz CT molecular complexity index is 2060. The summed E-state index contributed by atoms with van der Waals surface area (Å²) in [6, 6.07) is -3.57. The normalized spacial score (nSPS) is 50.3. The van der Waals surface area contributed by atoms with Crippen molar-refractivity contribution in [3.8, 4) is 0 Å². The fourth-order valence-electron chi connectivity index (χ4n) is 10.7. The molecule has 7 aliphatic rings. The van der Waals surface area contributed by atoms with Crippen molar-refractivity contribution in [2.75, 3.05) is 46.2 Å². The molecule has 0 spiro atoms. The number of nitrogens with one attached hydrogen (secondary N) is 2. The number of hydrogen-bond donors (Lipinski definition) is 23. The van der Waals surface area contributed by atoms with Gasteiger partial charge in [-0.15, -0.1) is 0 Å². The van der Waals surface area contributed by atoms with Crippen LogP contribution < -0.4 is 10.6 Å². The largest absolute Gasteiger partial charge is 0.394 e. The van der Waals surface area contributed by atoms with Crippen LogP contribution in [0.3, 0.4) is 0 Å². The van der Waals surface area contributed by atoms with Crippen LogP contribution in [0.25, 0.3) is 0 Å². The molecule has 0 bridgehead atoms. The molecule has 23 N–H and O–H groups in total. The average Bonchev–Trinajstić information content (AvgIpc) is 1.75. The van der Waals surface area contributed by atoms with Crippen LogP contribution >= 0.6 is 0 Å². The SMILES string of the molecule is CC(=O)N[C@H]1[C@H](O[C@@H]2[C@@H](OC[C@H]3OC(O)[C@H](O)[C@@H](O[C@H]4O[C@H](CO)[C@@H](O)[C@H](O)[C@@H]4O[C@@H]4O[C@H](CO)[C@@H](O[C@@H]5O[C@H](CO)[C@H](O)[C@H](O)[C@H]5O)[C@H](O)[C@H]4NC(C)=O)[C@H]3O)O[C@H](CO)[C@@H](O)[C@@H]2O)O[C@H](CO)[C@@H](O[C@@H]2O[C@H](CO)[C@H](O)[C@H](O)[C@H]2O)[C@@H]1O. The highest BCUT2D eigenvalue weighted by atomic mass is 16.8. The van der Waals surface area contributed by atoms with Crippen molar-refractivity contribution in [2.24, 2.45) is 0 Å². The van der Waals surface area contributed by atoms with Crippen molar-refractivity contribution in [1.82, 2.24) is 10.6 Å². The van der Waals surface area contributed by atoms with Gasteiger partial charge in [0, 0.05) is 13.8 Å². The van der Waals surface area contributed by atoms with E-state index in [0.717, 1.165) is 13.8 Å². The summed E-state index contributed by atoms with van der Waals surface area (Å²) in [6.45, 7) is -4.85. The van der Waals surface area contributed by atoms with Crippen molar-refractivity contribution >= 4 is 11.8 Å². The van der Waals surface area contributed by atoms with Crippen LogP contribution in [0.4, 0.5) is 0 Å². The van der Waals surface area contributed by atoms with Crippen molar-refractivity contribution in [1.29, 1.82) is 0 Å². The maximum Gasteiger partial charge on any atom is 0.217 e. The third-order valence-electron chi connectivity index (χ3n) is 15.3. The molecule has 2 amide bonds. The highest BCUT2D eigenvalue weighted by molar-refractivity contribution is 5.73. The van der Waals surface area contributed by atoms with Crippen LogP contribution in [0.1, 0.15) is 13.8 Å². The summed E-state index contributed by atoms with van der Waals surface area (Å²) < 4.78 is 74.5. The third-order valence-corrected chi connectivity index (χ3v) is 15.3. The van der Waals surface area contributed by atoms with Gasteiger partial charge in [0.05, 0.1) is 46.2 Å². The molecule has 488 valence electrons. The number of aliphatic hydroxyl groups is 21. The molecule has 0 aromatic heterocycles. The molecule has 7 fully saturated rings. The zero-order valence-corrected chi connectivity index (χ0v) is 44.7. The van der Waals surface area contributed by atoms with Crippen LogP contribution in [0.5, 0.6) is 0 Å². The van der Waals surface area contributed by atoms with Gasteiger partial charge in [-0.05, 0) is 0 Å². The van der Waals surface area contributed by atoms with Crippen molar-refractivity contribution in [3.05, 3.63) is 0 Å². The predicted molar refractivity (Wildman–Crippen MR) is 255 cm³/mol. The molecule has 0 saturated carbocycles. The number of carbonyl (C=O) groups excluding carboxylic acids is 2. The average molecular weight is 1240 g/mol. The van der Waals surface area contributed by atoms with Crippen LogP contribution in [-0.4, -0.2) is 380 Å². The molecule has 35 atom stereocenters. The topological polar surface area (TPSA) is 603 Å². The zero-order chi connectivity index (χ0) is 61.9. The molecule has 0 aromatic rings. The standard InChI is InChI=1S/C46H78N2O36/c1-10(55)47-19-26(62)35(80-43-32(68)28(64)21(57)12(3-49)74-43)16(7-53)78-41(19)83-38-30(66)23(59)14(5-51)76-45(38)72-9-18-25(61)37(34(70)40(71)73-18)82-46-39(31(67)24(60)15(6-52)77-46)84-42-20(48-11(2)56)27(63)36(17(8-54)79-42)81-44-33(69)29(65)22(58)13(4-50)75-44/h12-46,49-54,57-71H,3-9H2,1-2H3,(H,47,55)(H,48,56)/t12-,13-,14-,15-,16-,17-,18-,19-,20-,21+,22+,23-,24-,25+,26-,27-,28+,29+,30+,31+,32-,33-,34-,35-,36-,37+,38+,39+,40?,41+,42+,43+,44+,45+,46-/m1/s1. The Morgan fingerprint density at radius 2 is 0.631 bits per heavy atom. The number of carbonyl (C=O) groups is 2. The third kappa shape index (κ3) is 14.7. The number of aliphatic hydroxyl groups excluding tert-OH is 21. The second-order valence-electron chi connectivity index (χ2n) is 21.1. The Morgan fingerprint density at radius 1 is 0.310 bits per heavy atom. The number of ether oxygens (including phenoxy) is 13. The number of hydrogen-bond acceptors (Lipinski definition) is 36. The van der Waals surface area contributed by atoms with Gasteiger partial charge in [-0.1, -0.05) is 0 Å². The first kappa shape index (κ1) is 69.1. The van der Waals surface area contributed by atoms with Gasteiger partial charge in [-0.3, -0.25) is 9.59 Å². The molecule has 38 heteroatoms. The lowest BCUT2D eigenvalue weighted by molar-refractivity contribution is -0.390. The Labute approximate surface area is 475 Å². The van der Waals surface area contributed by atoms with Crippen LogP contribution in [-0.2, 0) is 71.2 Å². The second kappa shape index (κ2) is 29.9. The Kier molecular flexibility index (Phi) is 24.6. The van der Waals surface area contributed by atoms with E-state index in [1.165, 1.54) is 0 Å². The molecule has 7 saturated heterocycles. The summed E-state index contributed by atoms with van der Waals surface area (Å²) in [5, 5.41) is 230. The van der Waals surface area contributed by atoms with E-state index >= 15 is 0 Å². The molecule has 1 unspecified atom stereocenters. The molecule has 7 aliphatic heterocycles. The molecule has 7 heterocycles. The molecular weight excluding hydrogens is 1160 g/mol. The highest BCUT2D eigenvalue weighted by Crippen LogP contribution is 2.37. The van der Waals surface area contributed by atoms with Crippen molar-refractivity contribution < 1.29 is 178 Å². The minimum absolute atomic E-state index is 0.851. The monoisotopic (exact) mass is 1230 g/mol. The summed E-state index contributed by atoms with van der Waals surface area (Å²) in [4.78, 5) is 25.1. The summed E-state index contributed by atoms with van der Waals surface area (Å²) in [5.41, 5.74) is 0. The van der Waals surface area contributed by atoms with E-state index in [0.29, 0.717) is 0 Å². The van der Waals surface area contributed by atoms with Gasteiger partial charge < -0.3 is 179 Å². The fourth-order valence-corrected chi connectivity index (χ4v) is 10.7. The Morgan fingerprint density at radius 3 is 1.01 bits per heavy atom. The first-order valence-corrected chi connectivity index (χ1v) is 26.6. The Hall–Kier alpha value is -2.42. The molecule has 7 rings (SSSR count). The van der Waals surface area contributed by atoms with Gasteiger partial charge in [-0.25, -0.2) is 0 Å². The van der Waals surface area contributed by atoms with E-state index in [1.54, 1.807) is 0 Å². The molecule has 84 heavy (non-hydrogen) atoms. The van der Waals surface area contributed by atoms with Gasteiger partial charge in [0.1, 0.15) is 171 Å². The summed E-state index contributed by atoms with van der Waals surface area (Å²) in [7, 11) is 0. The molecule has 0 aliphatic carbocycles. The van der Waals surface area contributed by atoms with Crippen LogP contribution in [0.2, 0.25) is 0 Å². The maximum absolute atomic E-state index is 12.6.